The number of unbranched alkanes of at least 4 members (excludes halogenated alkanes) is 1. The zero-order chi connectivity index (χ0) is 23.1. The van der Waals surface area contributed by atoms with Crippen LogP contribution in [0.1, 0.15) is 55.1 Å². The molecule has 1 aromatic heterocycles. The van der Waals surface area contributed by atoms with Crippen LogP contribution in [0, 0.1) is 0 Å². The minimum atomic E-state index is -1.06. The molecule has 0 aliphatic carbocycles. The lowest BCUT2D eigenvalue weighted by molar-refractivity contribution is -0.170. The summed E-state index contributed by atoms with van der Waals surface area (Å²) in [5, 5.41) is 0. The molecule has 8 nitrogen and oxygen atoms in total. The van der Waals surface area contributed by atoms with Gasteiger partial charge in [-0.25, -0.2) is 4.98 Å². The van der Waals surface area contributed by atoms with Crippen LogP contribution >= 0.6 is 0 Å². The molecule has 3 heterocycles. The van der Waals surface area contributed by atoms with Crippen molar-refractivity contribution in [2.45, 2.75) is 51.0 Å². The van der Waals surface area contributed by atoms with E-state index in [0.717, 1.165) is 37.9 Å². The summed E-state index contributed by atoms with van der Waals surface area (Å²) in [6, 6.07) is 8.11. The maximum absolute atomic E-state index is 13.9. The van der Waals surface area contributed by atoms with Gasteiger partial charge in [0.05, 0.1) is 25.9 Å². The molecule has 0 radical (unpaired) electrons. The molecule has 1 saturated heterocycles. The minimum Gasteiger partial charge on any atom is -0.491 e. The average Bonchev–Trinajstić information content (AvgIpc) is 3.38. The summed E-state index contributed by atoms with van der Waals surface area (Å²) >= 11 is 0. The van der Waals surface area contributed by atoms with E-state index in [1.165, 1.54) is 18.2 Å². The van der Waals surface area contributed by atoms with Crippen LogP contribution in [0.5, 0.6) is 5.75 Å². The third-order valence-electron chi connectivity index (χ3n) is 6.44. The first-order valence-corrected chi connectivity index (χ1v) is 11.9. The Bertz CT molecular complexity index is 932. The summed E-state index contributed by atoms with van der Waals surface area (Å²) in [5.74, 6) is 0.767. The summed E-state index contributed by atoms with van der Waals surface area (Å²) in [4.78, 5) is 34.2. The third kappa shape index (κ3) is 5.38. The van der Waals surface area contributed by atoms with E-state index in [0.29, 0.717) is 39.3 Å². The number of oxazole rings is 1. The molecule has 8 heteroatoms. The average molecular weight is 456 g/mol. The van der Waals surface area contributed by atoms with E-state index in [4.69, 9.17) is 13.9 Å². The fourth-order valence-electron chi connectivity index (χ4n) is 4.62. The standard InChI is InChI=1S/C25H33N3O5/c1-2-3-12-27-13-15-31-21-10-5-4-8-20(21)9-6-7-11-25(24(27)30)18-28(14-16-33-25)23(29)22-17-26-19-32-22/h4-5,8,10,17,19H,2-3,6-7,9,11-16,18H2,1H3. The van der Waals surface area contributed by atoms with Crippen molar-refractivity contribution >= 4 is 11.8 Å². The number of aromatic nitrogens is 1. The van der Waals surface area contributed by atoms with Gasteiger partial charge in [-0.3, -0.25) is 9.59 Å². The molecule has 2 aromatic rings. The van der Waals surface area contributed by atoms with Gasteiger partial charge in [0.1, 0.15) is 12.4 Å². The van der Waals surface area contributed by atoms with Gasteiger partial charge in [-0.2, -0.15) is 0 Å². The van der Waals surface area contributed by atoms with E-state index >= 15 is 0 Å². The summed E-state index contributed by atoms with van der Waals surface area (Å²) < 4.78 is 17.5. The largest absolute Gasteiger partial charge is 0.491 e. The number of carbonyl (C=O) groups excluding carboxylic acids is 2. The lowest BCUT2D eigenvalue weighted by Crippen LogP contribution is -2.62. The van der Waals surface area contributed by atoms with E-state index in [1.807, 2.05) is 23.1 Å². The molecule has 2 aliphatic rings. The van der Waals surface area contributed by atoms with Crippen molar-refractivity contribution in [3.63, 3.8) is 0 Å². The second-order valence-corrected chi connectivity index (χ2v) is 8.74. The Hall–Kier alpha value is -2.87. The second-order valence-electron chi connectivity index (χ2n) is 8.74. The SMILES string of the molecule is CCCCN1CCOc2ccccc2CCCCC2(CN(C(=O)c3cnco3)CCO2)C1=O. The lowest BCUT2D eigenvalue weighted by Gasteiger charge is -2.44. The predicted octanol–water partition coefficient (Wildman–Crippen LogP) is 3.32. The Morgan fingerprint density at radius 1 is 1.18 bits per heavy atom. The first-order chi connectivity index (χ1) is 16.1. The highest BCUT2D eigenvalue weighted by Crippen LogP contribution is 2.30. The number of carbonyl (C=O) groups is 2. The number of amides is 2. The van der Waals surface area contributed by atoms with Gasteiger partial charge in [-0.05, 0) is 43.7 Å². The normalized spacial score (nSPS) is 22.3. The van der Waals surface area contributed by atoms with Gasteiger partial charge in [0.15, 0.2) is 12.0 Å². The number of morpholine rings is 1. The number of rotatable bonds is 4. The highest BCUT2D eigenvalue weighted by molar-refractivity contribution is 5.92. The number of nitrogens with zero attached hydrogens (tertiary/aromatic N) is 3. The first kappa shape index (κ1) is 23.3. The molecule has 0 saturated carbocycles. The van der Waals surface area contributed by atoms with E-state index in [1.54, 1.807) is 4.90 Å². The third-order valence-corrected chi connectivity index (χ3v) is 6.44. The molecule has 0 N–H and O–H groups in total. The number of aryl methyl sites for hydroxylation is 1. The molecule has 1 unspecified atom stereocenters. The summed E-state index contributed by atoms with van der Waals surface area (Å²) in [6.45, 7) is 4.59. The molecule has 4 rings (SSSR count). The van der Waals surface area contributed by atoms with Crippen LogP contribution in [0.4, 0.5) is 0 Å². The number of benzene rings is 1. The molecular weight excluding hydrogens is 422 g/mol. The monoisotopic (exact) mass is 455 g/mol. The first-order valence-electron chi connectivity index (χ1n) is 11.9. The van der Waals surface area contributed by atoms with Gasteiger partial charge < -0.3 is 23.7 Å². The van der Waals surface area contributed by atoms with Crippen LogP contribution in [0.15, 0.2) is 41.3 Å². The zero-order valence-electron chi connectivity index (χ0n) is 19.3. The van der Waals surface area contributed by atoms with Crippen molar-refractivity contribution in [2.24, 2.45) is 0 Å². The highest BCUT2D eigenvalue weighted by atomic mass is 16.5. The van der Waals surface area contributed by atoms with Gasteiger partial charge in [0.2, 0.25) is 5.76 Å². The van der Waals surface area contributed by atoms with Crippen molar-refractivity contribution in [3.05, 3.63) is 48.2 Å². The Morgan fingerprint density at radius 3 is 2.88 bits per heavy atom. The number of fused-ring (bicyclic) bond motifs is 1. The Labute approximate surface area is 194 Å². The molecule has 178 valence electrons. The summed E-state index contributed by atoms with van der Waals surface area (Å²) in [5.41, 5.74) is 0.130. The van der Waals surface area contributed by atoms with E-state index in [9.17, 15) is 9.59 Å². The molecule has 1 atom stereocenters. The van der Waals surface area contributed by atoms with E-state index in [-0.39, 0.29) is 24.1 Å². The molecule has 1 spiro atoms. The summed E-state index contributed by atoms with van der Waals surface area (Å²) in [7, 11) is 0. The van der Waals surface area contributed by atoms with Crippen LogP contribution < -0.4 is 4.74 Å². The van der Waals surface area contributed by atoms with Crippen molar-refractivity contribution in [1.29, 1.82) is 0 Å². The second kappa shape index (κ2) is 10.8. The quantitative estimate of drug-likeness (QED) is 0.703. The van der Waals surface area contributed by atoms with Crippen molar-refractivity contribution in [2.75, 3.05) is 39.4 Å². The Balaban J connectivity index is 1.58. The number of hydrogen-bond acceptors (Lipinski definition) is 6. The van der Waals surface area contributed by atoms with E-state index in [2.05, 4.69) is 18.0 Å². The van der Waals surface area contributed by atoms with Gasteiger partial charge in [-0.1, -0.05) is 31.5 Å². The Morgan fingerprint density at radius 2 is 2.06 bits per heavy atom. The molecule has 2 aliphatic heterocycles. The minimum absolute atomic E-state index is 0.0523. The lowest BCUT2D eigenvalue weighted by atomic mass is 9.90. The predicted molar refractivity (Wildman–Crippen MR) is 122 cm³/mol. The van der Waals surface area contributed by atoms with Crippen molar-refractivity contribution < 1.29 is 23.5 Å². The topological polar surface area (TPSA) is 85.1 Å². The van der Waals surface area contributed by atoms with Crippen LogP contribution in [-0.2, 0) is 16.0 Å². The molecule has 1 fully saturated rings. The van der Waals surface area contributed by atoms with Crippen molar-refractivity contribution in [1.82, 2.24) is 14.8 Å². The summed E-state index contributed by atoms with van der Waals surface area (Å²) in [6.07, 6.45) is 7.70. The molecule has 0 bridgehead atoms. The van der Waals surface area contributed by atoms with Crippen LogP contribution in [0.25, 0.3) is 0 Å². The number of hydrogen-bond donors (Lipinski definition) is 0. The van der Waals surface area contributed by atoms with Crippen LogP contribution in [0.3, 0.4) is 0 Å². The fraction of sp³-hybridized carbons (Fsp3) is 0.560. The number of para-hydroxylation sites is 1. The van der Waals surface area contributed by atoms with Crippen LogP contribution in [0.2, 0.25) is 0 Å². The van der Waals surface area contributed by atoms with Gasteiger partial charge in [0.25, 0.3) is 11.8 Å². The van der Waals surface area contributed by atoms with Crippen molar-refractivity contribution in [3.8, 4) is 5.75 Å². The Kier molecular flexibility index (Phi) is 7.65. The van der Waals surface area contributed by atoms with Gasteiger partial charge in [0, 0.05) is 13.1 Å². The zero-order valence-corrected chi connectivity index (χ0v) is 19.3. The smallest absolute Gasteiger partial charge is 0.291 e. The molecule has 2 amide bonds. The van der Waals surface area contributed by atoms with E-state index < -0.39 is 5.60 Å². The van der Waals surface area contributed by atoms with Gasteiger partial charge in [-0.15, -0.1) is 0 Å². The van der Waals surface area contributed by atoms with Crippen LogP contribution in [-0.4, -0.2) is 71.6 Å². The molecule has 1 aromatic carbocycles. The number of ether oxygens (including phenoxy) is 2. The fourth-order valence-corrected chi connectivity index (χ4v) is 4.62. The highest BCUT2D eigenvalue weighted by Gasteiger charge is 2.47. The molecular formula is C25H33N3O5. The maximum Gasteiger partial charge on any atom is 0.291 e. The van der Waals surface area contributed by atoms with Gasteiger partial charge >= 0.3 is 0 Å². The molecule has 33 heavy (non-hydrogen) atoms. The maximum atomic E-state index is 13.9.